The summed E-state index contributed by atoms with van der Waals surface area (Å²) < 4.78 is 13.8. The fourth-order valence-electron chi connectivity index (χ4n) is 3.33. The van der Waals surface area contributed by atoms with Gasteiger partial charge >= 0.3 is 5.97 Å². The van der Waals surface area contributed by atoms with Crippen LogP contribution in [0.5, 0.6) is 0 Å². The van der Waals surface area contributed by atoms with E-state index < -0.39 is 17.2 Å². The van der Waals surface area contributed by atoms with E-state index in [2.05, 4.69) is 0 Å². The predicted molar refractivity (Wildman–Crippen MR) is 66.0 cm³/mol. The monoisotopic (exact) mass is 268 g/mol. The van der Waals surface area contributed by atoms with Crippen LogP contribution in [0.4, 0.5) is 4.39 Å². The van der Waals surface area contributed by atoms with Gasteiger partial charge in [-0.3, -0.25) is 4.79 Å². The van der Waals surface area contributed by atoms with Crippen molar-refractivity contribution < 1.29 is 14.3 Å². The van der Waals surface area contributed by atoms with E-state index in [1.54, 1.807) is 12.1 Å². The summed E-state index contributed by atoms with van der Waals surface area (Å²) in [6.07, 6.45) is 2.68. The first-order valence-electron chi connectivity index (χ1n) is 6.18. The quantitative estimate of drug-likeness (QED) is 0.911. The second-order valence-electron chi connectivity index (χ2n) is 5.63. The molecule has 2 atom stereocenters. The summed E-state index contributed by atoms with van der Waals surface area (Å²) in [6, 6.07) is 4.50. The first-order valence-corrected chi connectivity index (χ1v) is 6.56. The van der Waals surface area contributed by atoms with Crippen molar-refractivity contribution in [3.63, 3.8) is 0 Å². The Bertz CT molecular complexity index is 484. The molecule has 0 aliphatic heterocycles. The second-order valence-corrected chi connectivity index (χ2v) is 6.03. The molecular formula is C14H14ClFO2. The van der Waals surface area contributed by atoms with Crippen molar-refractivity contribution in [2.24, 2.45) is 17.3 Å². The number of benzene rings is 1. The Morgan fingerprint density at radius 1 is 1.44 bits per heavy atom. The Hall–Kier alpha value is -1.09. The summed E-state index contributed by atoms with van der Waals surface area (Å²) in [6.45, 7) is 0. The van der Waals surface area contributed by atoms with Gasteiger partial charge in [-0.25, -0.2) is 4.39 Å². The number of carboxylic acid groups (broad SMARTS) is 1. The molecule has 0 heterocycles. The molecule has 18 heavy (non-hydrogen) atoms. The SMILES string of the molecule is O=C(O)C1(Cc2c(F)cccc2Cl)CC2CC2C1. The zero-order chi connectivity index (χ0) is 12.9. The van der Waals surface area contributed by atoms with Crippen molar-refractivity contribution in [2.75, 3.05) is 0 Å². The molecule has 0 amide bonds. The number of aliphatic carboxylic acids is 1. The molecule has 96 valence electrons. The van der Waals surface area contributed by atoms with Crippen molar-refractivity contribution in [2.45, 2.75) is 25.7 Å². The van der Waals surface area contributed by atoms with E-state index in [9.17, 15) is 14.3 Å². The number of carboxylic acids is 1. The van der Waals surface area contributed by atoms with Gasteiger partial charge in [-0.2, -0.15) is 0 Å². The molecule has 2 aliphatic carbocycles. The van der Waals surface area contributed by atoms with Gasteiger partial charge in [-0.05, 0) is 49.7 Å². The van der Waals surface area contributed by atoms with Gasteiger partial charge < -0.3 is 5.11 Å². The van der Waals surface area contributed by atoms with Gasteiger partial charge in [0.1, 0.15) is 5.82 Å². The number of halogens is 2. The van der Waals surface area contributed by atoms with Crippen molar-refractivity contribution >= 4 is 17.6 Å². The zero-order valence-corrected chi connectivity index (χ0v) is 10.6. The minimum Gasteiger partial charge on any atom is -0.481 e. The standard InChI is InChI=1S/C14H14ClFO2/c15-11-2-1-3-12(16)10(11)7-14(13(17)18)5-8-4-9(8)6-14/h1-3,8-9H,4-7H2,(H,17,18). The van der Waals surface area contributed by atoms with Crippen LogP contribution in [0, 0.1) is 23.1 Å². The average molecular weight is 269 g/mol. The summed E-state index contributed by atoms with van der Waals surface area (Å²) in [7, 11) is 0. The maximum Gasteiger partial charge on any atom is 0.309 e. The highest BCUT2D eigenvalue weighted by Crippen LogP contribution is 2.61. The molecule has 2 unspecified atom stereocenters. The Kier molecular flexibility index (Phi) is 2.63. The summed E-state index contributed by atoms with van der Waals surface area (Å²) in [5.41, 5.74) is -0.456. The minimum absolute atomic E-state index is 0.209. The third-order valence-electron chi connectivity index (χ3n) is 4.41. The number of rotatable bonds is 3. The first kappa shape index (κ1) is 12.0. The molecule has 2 fully saturated rings. The van der Waals surface area contributed by atoms with Crippen LogP contribution in [-0.2, 0) is 11.2 Å². The largest absolute Gasteiger partial charge is 0.481 e. The molecule has 0 radical (unpaired) electrons. The van der Waals surface area contributed by atoms with Gasteiger partial charge in [-0.15, -0.1) is 0 Å². The van der Waals surface area contributed by atoms with E-state index in [0.29, 0.717) is 35.3 Å². The van der Waals surface area contributed by atoms with Crippen molar-refractivity contribution in [3.8, 4) is 0 Å². The Morgan fingerprint density at radius 2 is 2.11 bits per heavy atom. The van der Waals surface area contributed by atoms with Crippen LogP contribution in [0.25, 0.3) is 0 Å². The fourth-order valence-corrected chi connectivity index (χ4v) is 3.56. The smallest absolute Gasteiger partial charge is 0.309 e. The molecule has 2 saturated carbocycles. The van der Waals surface area contributed by atoms with Crippen molar-refractivity contribution in [3.05, 3.63) is 34.6 Å². The summed E-state index contributed by atoms with van der Waals surface area (Å²) in [4.78, 5) is 11.6. The van der Waals surface area contributed by atoms with Gasteiger partial charge in [0.2, 0.25) is 0 Å². The van der Waals surface area contributed by atoms with Crippen LogP contribution < -0.4 is 0 Å². The number of carbonyl (C=O) groups is 1. The maximum atomic E-state index is 13.8. The van der Waals surface area contributed by atoms with E-state index in [4.69, 9.17) is 11.6 Å². The summed E-state index contributed by atoms with van der Waals surface area (Å²) in [5.74, 6) is -0.143. The molecule has 1 N–H and O–H groups in total. The molecule has 3 rings (SSSR count). The Labute approximate surface area is 110 Å². The Balaban J connectivity index is 1.92. The summed E-state index contributed by atoms with van der Waals surface area (Å²) in [5, 5.41) is 9.81. The molecule has 0 bridgehead atoms. The van der Waals surface area contributed by atoms with Crippen LogP contribution >= 0.6 is 11.6 Å². The molecule has 4 heteroatoms. The van der Waals surface area contributed by atoms with E-state index in [-0.39, 0.29) is 6.42 Å². The van der Waals surface area contributed by atoms with Crippen molar-refractivity contribution in [1.82, 2.24) is 0 Å². The number of hydrogen-bond donors (Lipinski definition) is 1. The highest BCUT2D eigenvalue weighted by atomic mass is 35.5. The minimum atomic E-state index is -0.811. The van der Waals surface area contributed by atoms with Gasteiger partial charge in [0, 0.05) is 10.6 Å². The highest BCUT2D eigenvalue weighted by Gasteiger charge is 2.57. The number of fused-ring (bicyclic) bond motifs is 1. The average Bonchev–Trinajstić information content (AvgIpc) is 2.92. The lowest BCUT2D eigenvalue weighted by Crippen LogP contribution is -2.32. The van der Waals surface area contributed by atoms with Crippen LogP contribution in [0.1, 0.15) is 24.8 Å². The number of hydrogen-bond acceptors (Lipinski definition) is 1. The lowest BCUT2D eigenvalue weighted by atomic mass is 9.77. The normalized spacial score (nSPS) is 33.2. The van der Waals surface area contributed by atoms with E-state index in [1.807, 2.05) is 0 Å². The topological polar surface area (TPSA) is 37.3 Å². The van der Waals surface area contributed by atoms with Gasteiger partial charge in [0.15, 0.2) is 0 Å². The van der Waals surface area contributed by atoms with Crippen LogP contribution in [0.15, 0.2) is 18.2 Å². The molecule has 2 aliphatic rings. The third kappa shape index (κ3) is 1.81. The molecular weight excluding hydrogens is 255 g/mol. The van der Waals surface area contributed by atoms with Crippen molar-refractivity contribution in [1.29, 1.82) is 0 Å². The summed E-state index contributed by atoms with van der Waals surface area (Å²) >= 11 is 5.99. The maximum absolute atomic E-state index is 13.8. The molecule has 0 saturated heterocycles. The highest BCUT2D eigenvalue weighted by molar-refractivity contribution is 6.31. The second kappa shape index (κ2) is 3.95. The van der Waals surface area contributed by atoms with E-state index in [0.717, 1.165) is 6.42 Å². The van der Waals surface area contributed by atoms with Gasteiger partial charge in [0.05, 0.1) is 5.41 Å². The van der Waals surface area contributed by atoms with E-state index in [1.165, 1.54) is 6.07 Å². The lowest BCUT2D eigenvalue weighted by molar-refractivity contribution is -0.149. The predicted octanol–water partition coefficient (Wildman–Crippen LogP) is 3.52. The van der Waals surface area contributed by atoms with Crippen LogP contribution in [-0.4, -0.2) is 11.1 Å². The molecule has 1 aromatic carbocycles. The molecule has 2 nitrogen and oxygen atoms in total. The van der Waals surface area contributed by atoms with Crippen LogP contribution in [0.3, 0.4) is 0 Å². The third-order valence-corrected chi connectivity index (χ3v) is 4.76. The van der Waals surface area contributed by atoms with Crippen LogP contribution in [0.2, 0.25) is 5.02 Å². The van der Waals surface area contributed by atoms with Gasteiger partial charge in [0.25, 0.3) is 0 Å². The Morgan fingerprint density at radius 3 is 2.67 bits per heavy atom. The lowest BCUT2D eigenvalue weighted by Gasteiger charge is -2.26. The first-order chi connectivity index (χ1) is 8.52. The molecule has 0 aromatic heterocycles. The molecule has 0 spiro atoms. The zero-order valence-electron chi connectivity index (χ0n) is 9.83. The molecule has 1 aromatic rings. The van der Waals surface area contributed by atoms with Gasteiger partial charge in [-0.1, -0.05) is 17.7 Å². The fraction of sp³-hybridized carbons (Fsp3) is 0.500. The van der Waals surface area contributed by atoms with E-state index >= 15 is 0 Å².